The van der Waals surface area contributed by atoms with Crippen molar-refractivity contribution in [3.63, 3.8) is 0 Å². The highest BCUT2D eigenvalue weighted by Crippen LogP contribution is 2.44. The normalized spacial score (nSPS) is 13.8. The Morgan fingerprint density at radius 3 is 2.96 bits per heavy atom. The van der Waals surface area contributed by atoms with Gasteiger partial charge in [0.25, 0.3) is 6.43 Å². The number of urea groups is 1. The lowest BCUT2D eigenvalue weighted by atomic mass is 10.2. The summed E-state index contributed by atoms with van der Waals surface area (Å²) in [4.78, 5) is 16.0. The summed E-state index contributed by atoms with van der Waals surface area (Å²) in [6.07, 6.45) is 0.756. The number of amides is 2. The summed E-state index contributed by atoms with van der Waals surface area (Å²) in [5.41, 5.74) is 1.30. The van der Waals surface area contributed by atoms with Crippen molar-refractivity contribution in [1.29, 1.82) is 0 Å². The van der Waals surface area contributed by atoms with Crippen LogP contribution in [0.3, 0.4) is 0 Å². The first-order valence-corrected chi connectivity index (χ1v) is 7.44. The van der Waals surface area contributed by atoms with E-state index in [1.807, 2.05) is 0 Å². The maximum absolute atomic E-state index is 12.3. The third-order valence-electron chi connectivity index (χ3n) is 3.44. The molecule has 0 unspecified atom stereocenters. The summed E-state index contributed by atoms with van der Waals surface area (Å²) >= 11 is 0. The van der Waals surface area contributed by atoms with Gasteiger partial charge >= 0.3 is 6.03 Å². The average Bonchev–Trinajstić information content (AvgIpc) is 3.32. The van der Waals surface area contributed by atoms with Gasteiger partial charge < -0.3 is 19.9 Å². The molecule has 1 saturated carbocycles. The molecule has 7 nitrogen and oxygen atoms in total. The number of pyridine rings is 1. The summed E-state index contributed by atoms with van der Waals surface area (Å²) in [6, 6.07) is 2.51. The van der Waals surface area contributed by atoms with Crippen molar-refractivity contribution < 1.29 is 22.8 Å². The second kappa shape index (κ2) is 6.81. The number of carbonyl (C=O) groups is 1. The molecule has 2 heterocycles. The number of aryl methyl sites for hydroxylation is 1. The number of ether oxygens (including phenoxy) is 1. The van der Waals surface area contributed by atoms with Crippen LogP contribution in [0.4, 0.5) is 25.0 Å². The fourth-order valence-electron chi connectivity index (χ4n) is 2.17. The molecule has 1 aliphatic carbocycles. The third kappa shape index (κ3) is 3.79. The van der Waals surface area contributed by atoms with Crippen LogP contribution >= 0.6 is 0 Å². The summed E-state index contributed by atoms with van der Waals surface area (Å²) in [7, 11) is 0. The Morgan fingerprint density at radius 1 is 1.46 bits per heavy atom. The van der Waals surface area contributed by atoms with Gasteiger partial charge in [-0.05, 0) is 31.9 Å². The van der Waals surface area contributed by atoms with Gasteiger partial charge in [-0.25, -0.2) is 18.6 Å². The van der Waals surface area contributed by atoms with Crippen LogP contribution < -0.4 is 15.4 Å². The fraction of sp³-hybridized carbons (Fsp3) is 0.400. The highest BCUT2D eigenvalue weighted by Gasteiger charge is 2.32. The molecule has 1 fully saturated rings. The van der Waals surface area contributed by atoms with Gasteiger partial charge in [-0.15, -0.1) is 0 Å². The number of hydrogen-bond acceptors (Lipinski definition) is 5. The molecule has 0 aromatic carbocycles. The Hall–Kier alpha value is -2.71. The van der Waals surface area contributed by atoms with Crippen LogP contribution in [-0.4, -0.2) is 29.2 Å². The van der Waals surface area contributed by atoms with Gasteiger partial charge in [0.15, 0.2) is 12.4 Å². The minimum absolute atomic E-state index is 0.0718. The number of aromatic nitrogens is 2. The van der Waals surface area contributed by atoms with Crippen LogP contribution in [0.25, 0.3) is 0 Å². The van der Waals surface area contributed by atoms with Crippen molar-refractivity contribution in [3.05, 3.63) is 29.8 Å². The first-order valence-electron chi connectivity index (χ1n) is 7.44. The third-order valence-corrected chi connectivity index (χ3v) is 3.44. The lowest BCUT2D eigenvalue weighted by molar-refractivity contribution is 0.0800. The number of nitrogens with zero attached hydrogens (tertiary/aromatic N) is 2. The quantitative estimate of drug-likeness (QED) is 0.841. The van der Waals surface area contributed by atoms with Crippen molar-refractivity contribution in [2.75, 3.05) is 17.2 Å². The largest absolute Gasteiger partial charge is 0.470 e. The molecule has 24 heavy (non-hydrogen) atoms. The number of halogens is 2. The molecule has 0 spiro atoms. The Kier molecular flexibility index (Phi) is 4.59. The molecule has 2 amide bonds. The second-order valence-electron chi connectivity index (χ2n) is 5.42. The second-order valence-corrected chi connectivity index (χ2v) is 5.42. The van der Waals surface area contributed by atoms with Gasteiger partial charge in [0.1, 0.15) is 17.1 Å². The van der Waals surface area contributed by atoms with E-state index in [1.54, 1.807) is 13.0 Å². The Labute approximate surface area is 136 Å². The van der Waals surface area contributed by atoms with E-state index in [9.17, 15) is 13.6 Å². The molecule has 1 aliphatic rings. The van der Waals surface area contributed by atoms with E-state index in [1.165, 1.54) is 12.3 Å². The van der Waals surface area contributed by atoms with E-state index >= 15 is 0 Å². The standard InChI is InChI=1S/C15H16F2N4O3/c1-8-12(13(24-21-8)9-4-5-9)20-15(22)19-10-3-2-6-18-14(10)23-7-11(16)17/h2-3,6,9,11H,4-5,7H2,1H3,(H2,19,20,22). The molecule has 128 valence electrons. The van der Waals surface area contributed by atoms with Crippen molar-refractivity contribution in [2.45, 2.75) is 32.1 Å². The maximum atomic E-state index is 12.3. The summed E-state index contributed by atoms with van der Waals surface area (Å²) in [6.45, 7) is 0.927. The highest BCUT2D eigenvalue weighted by atomic mass is 19.3. The Balaban J connectivity index is 1.68. The van der Waals surface area contributed by atoms with Crippen LogP contribution in [0, 0.1) is 6.92 Å². The lowest BCUT2D eigenvalue weighted by Crippen LogP contribution is -2.21. The fourth-order valence-corrected chi connectivity index (χ4v) is 2.17. The number of rotatable bonds is 6. The van der Waals surface area contributed by atoms with Gasteiger partial charge in [0.05, 0.1) is 0 Å². The Bertz CT molecular complexity index is 731. The molecule has 0 atom stereocenters. The zero-order chi connectivity index (χ0) is 17.1. The molecule has 2 aromatic heterocycles. The predicted molar refractivity (Wildman–Crippen MR) is 81.6 cm³/mol. The van der Waals surface area contributed by atoms with E-state index in [4.69, 9.17) is 9.26 Å². The van der Waals surface area contributed by atoms with Gasteiger partial charge in [0.2, 0.25) is 5.88 Å². The van der Waals surface area contributed by atoms with Crippen LogP contribution in [0.15, 0.2) is 22.9 Å². The monoisotopic (exact) mass is 338 g/mol. The van der Waals surface area contributed by atoms with Crippen LogP contribution in [0.2, 0.25) is 0 Å². The molecular formula is C15H16F2N4O3. The van der Waals surface area contributed by atoms with E-state index in [0.717, 1.165) is 12.8 Å². The van der Waals surface area contributed by atoms with Crippen molar-refractivity contribution in [2.24, 2.45) is 0 Å². The van der Waals surface area contributed by atoms with E-state index < -0.39 is 19.1 Å². The van der Waals surface area contributed by atoms with E-state index in [-0.39, 0.29) is 17.5 Å². The lowest BCUT2D eigenvalue weighted by Gasteiger charge is -2.11. The highest BCUT2D eigenvalue weighted by molar-refractivity contribution is 6.01. The van der Waals surface area contributed by atoms with Gasteiger partial charge in [-0.1, -0.05) is 5.16 Å². The minimum Gasteiger partial charge on any atom is -0.470 e. The molecule has 0 bridgehead atoms. The van der Waals surface area contributed by atoms with Gasteiger partial charge in [0, 0.05) is 12.1 Å². The smallest absolute Gasteiger partial charge is 0.323 e. The van der Waals surface area contributed by atoms with Crippen LogP contribution in [0.1, 0.15) is 30.2 Å². The summed E-state index contributed by atoms with van der Waals surface area (Å²) in [5.74, 6) is 0.866. The molecule has 2 N–H and O–H groups in total. The minimum atomic E-state index is -2.63. The van der Waals surface area contributed by atoms with E-state index in [2.05, 4.69) is 20.8 Å². The molecular weight excluding hydrogens is 322 g/mol. The molecule has 2 aromatic rings. The summed E-state index contributed by atoms with van der Waals surface area (Å²) in [5, 5.41) is 9.08. The summed E-state index contributed by atoms with van der Waals surface area (Å²) < 4.78 is 34.7. The predicted octanol–water partition coefficient (Wildman–Crippen LogP) is 3.54. The van der Waals surface area contributed by atoms with Gasteiger partial charge in [-0.2, -0.15) is 0 Å². The number of anilines is 2. The molecule has 0 saturated heterocycles. The number of carbonyl (C=O) groups excluding carboxylic acids is 1. The van der Waals surface area contributed by atoms with Gasteiger partial charge in [-0.3, -0.25) is 0 Å². The van der Waals surface area contributed by atoms with Crippen molar-refractivity contribution in [1.82, 2.24) is 10.1 Å². The molecule has 3 rings (SSSR count). The zero-order valence-electron chi connectivity index (χ0n) is 12.9. The average molecular weight is 338 g/mol. The first-order chi connectivity index (χ1) is 11.5. The van der Waals surface area contributed by atoms with Crippen LogP contribution in [0.5, 0.6) is 5.88 Å². The molecule has 0 aliphatic heterocycles. The number of hydrogen-bond donors (Lipinski definition) is 2. The first kappa shape index (κ1) is 16.2. The Morgan fingerprint density at radius 2 is 2.25 bits per heavy atom. The van der Waals surface area contributed by atoms with Crippen molar-refractivity contribution >= 4 is 17.4 Å². The topological polar surface area (TPSA) is 89.3 Å². The molecule has 0 radical (unpaired) electrons. The van der Waals surface area contributed by atoms with Crippen LogP contribution in [-0.2, 0) is 0 Å². The number of nitrogens with one attached hydrogen (secondary N) is 2. The number of alkyl halides is 2. The van der Waals surface area contributed by atoms with E-state index in [0.29, 0.717) is 17.1 Å². The zero-order valence-corrected chi connectivity index (χ0v) is 12.9. The molecule has 9 heteroatoms. The SMILES string of the molecule is Cc1noc(C2CC2)c1NC(=O)Nc1cccnc1OCC(F)F. The maximum Gasteiger partial charge on any atom is 0.323 e. The van der Waals surface area contributed by atoms with Crippen molar-refractivity contribution in [3.8, 4) is 5.88 Å².